The van der Waals surface area contributed by atoms with Gasteiger partial charge in [-0.25, -0.2) is 4.98 Å². The van der Waals surface area contributed by atoms with Gasteiger partial charge in [0.1, 0.15) is 11.3 Å². The van der Waals surface area contributed by atoms with Gasteiger partial charge in [0.2, 0.25) is 5.28 Å². The standard InChI is InChI=1S/C14H11BrClN3S/c1-8(9-5-3-2-4-6-9)17-13-12-11(10(15)7-20-12)18-14(16)19-13/h2-8H,1H3,(H,17,18,19)/t8-/m1/s1. The van der Waals surface area contributed by atoms with Gasteiger partial charge in [0, 0.05) is 11.4 Å². The van der Waals surface area contributed by atoms with Crippen molar-refractivity contribution in [1.29, 1.82) is 0 Å². The number of hydrogen-bond acceptors (Lipinski definition) is 4. The van der Waals surface area contributed by atoms with Crippen LogP contribution in [-0.2, 0) is 0 Å². The second-order valence-electron chi connectivity index (χ2n) is 4.38. The van der Waals surface area contributed by atoms with Gasteiger partial charge in [-0.05, 0) is 40.0 Å². The Morgan fingerprint density at radius 2 is 2.00 bits per heavy atom. The Morgan fingerprint density at radius 1 is 1.25 bits per heavy atom. The predicted octanol–water partition coefficient (Wildman–Crippen LogP) is 5.28. The van der Waals surface area contributed by atoms with Crippen molar-refractivity contribution >= 4 is 54.9 Å². The second kappa shape index (κ2) is 5.68. The monoisotopic (exact) mass is 367 g/mol. The maximum Gasteiger partial charge on any atom is 0.225 e. The summed E-state index contributed by atoms with van der Waals surface area (Å²) in [5.41, 5.74) is 2.05. The van der Waals surface area contributed by atoms with E-state index in [1.54, 1.807) is 11.3 Å². The van der Waals surface area contributed by atoms with E-state index in [1.807, 2.05) is 23.6 Å². The van der Waals surface area contributed by atoms with Crippen LogP contribution in [0.25, 0.3) is 10.2 Å². The number of thiophene rings is 1. The molecule has 0 aliphatic rings. The highest BCUT2D eigenvalue weighted by Crippen LogP contribution is 2.35. The van der Waals surface area contributed by atoms with Crippen molar-refractivity contribution in [3.8, 4) is 0 Å². The Labute approximate surface area is 134 Å². The normalized spacial score (nSPS) is 12.6. The van der Waals surface area contributed by atoms with E-state index in [9.17, 15) is 0 Å². The number of aromatic nitrogens is 2. The number of halogens is 2. The molecule has 0 radical (unpaired) electrons. The van der Waals surface area contributed by atoms with Gasteiger partial charge in [0.25, 0.3) is 0 Å². The van der Waals surface area contributed by atoms with Crippen LogP contribution in [0.5, 0.6) is 0 Å². The topological polar surface area (TPSA) is 37.8 Å². The molecule has 102 valence electrons. The van der Waals surface area contributed by atoms with E-state index in [2.05, 4.69) is 50.3 Å². The lowest BCUT2D eigenvalue weighted by Crippen LogP contribution is -2.08. The van der Waals surface area contributed by atoms with E-state index in [0.29, 0.717) is 0 Å². The maximum atomic E-state index is 6.00. The van der Waals surface area contributed by atoms with Crippen LogP contribution in [0.3, 0.4) is 0 Å². The maximum absolute atomic E-state index is 6.00. The molecule has 0 spiro atoms. The van der Waals surface area contributed by atoms with E-state index in [-0.39, 0.29) is 11.3 Å². The SMILES string of the molecule is C[C@@H](Nc1nc(Cl)nc2c(Br)csc12)c1ccccc1. The minimum atomic E-state index is 0.145. The number of benzene rings is 1. The third-order valence-electron chi connectivity index (χ3n) is 3.00. The average molecular weight is 369 g/mol. The minimum Gasteiger partial charge on any atom is -0.362 e. The molecule has 2 heterocycles. The first kappa shape index (κ1) is 13.8. The molecule has 3 aromatic rings. The summed E-state index contributed by atoms with van der Waals surface area (Å²) in [6.07, 6.45) is 0. The molecular weight excluding hydrogens is 358 g/mol. The molecule has 0 amide bonds. The molecule has 2 aromatic heterocycles. The van der Waals surface area contributed by atoms with Crippen LogP contribution in [0.4, 0.5) is 5.82 Å². The number of anilines is 1. The number of hydrogen-bond donors (Lipinski definition) is 1. The van der Waals surface area contributed by atoms with Crippen LogP contribution in [0.15, 0.2) is 40.2 Å². The van der Waals surface area contributed by atoms with Crippen LogP contribution in [-0.4, -0.2) is 9.97 Å². The third-order valence-corrected chi connectivity index (χ3v) is 5.05. The predicted molar refractivity (Wildman–Crippen MR) is 88.6 cm³/mol. The van der Waals surface area contributed by atoms with E-state index < -0.39 is 0 Å². The van der Waals surface area contributed by atoms with Crippen LogP contribution in [0.1, 0.15) is 18.5 Å². The molecule has 0 aliphatic carbocycles. The molecule has 0 bridgehead atoms. The van der Waals surface area contributed by atoms with Crippen LogP contribution < -0.4 is 5.32 Å². The first-order chi connectivity index (χ1) is 9.65. The highest BCUT2D eigenvalue weighted by Gasteiger charge is 2.14. The van der Waals surface area contributed by atoms with Crippen molar-refractivity contribution in [2.75, 3.05) is 5.32 Å². The molecule has 1 N–H and O–H groups in total. The van der Waals surface area contributed by atoms with E-state index in [4.69, 9.17) is 11.6 Å². The Kier molecular flexibility index (Phi) is 3.92. The smallest absolute Gasteiger partial charge is 0.225 e. The quantitative estimate of drug-likeness (QED) is 0.639. The van der Waals surface area contributed by atoms with Gasteiger partial charge in [0.15, 0.2) is 0 Å². The van der Waals surface area contributed by atoms with E-state index >= 15 is 0 Å². The van der Waals surface area contributed by atoms with Crippen LogP contribution >= 0.6 is 38.9 Å². The van der Waals surface area contributed by atoms with Crippen molar-refractivity contribution in [2.24, 2.45) is 0 Å². The lowest BCUT2D eigenvalue weighted by Gasteiger charge is -2.15. The van der Waals surface area contributed by atoms with E-state index in [0.717, 1.165) is 20.5 Å². The fourth-order valence-electron chi connectivity index (χ4n) is 1.99. The fraction of sp³-hybridized carbons (Fsp3) is 0.143. The molecule has 20 heavy (non-hydrogen) atoms. The van der Waals surface area contributed by atoms with Gasteiger partial charge in [-0.3, -0.25) is 0 Å². The van der Waals surface area contributed by atoms with Gasteiger partial charge >= 0.3 is 0 Å². The molecule has 3 rings (SSSR count). The minimum absolute atomic E-state index is 0.145. The summed E-state index contributed by atoms with van der Waals surface area (Å²) in [5, 5.41) is 5.65. The fourth-order valence-corrected chi connectivity index (χ4v) is 3.68. The number of nitrogens with zero attached hydrogens (tertiary/aromatic N) is 2. The largest absolute Gasteiger partial charge is 0.362 e. The lowest BCUT2D eigenvalue weighted by molar-refractivity contribution is 0.876. The molecular formula is C14H11BrClN3S. The zero-order valence-corrected chi connectivity index (χ0v) is 13.8. The first-order valence-corrected chi connectivity index (χ1v) is 8.12. The molecule has 0 unspecified atom stereocenters. The molecule has 0 saturated carbocycles. The van der Waals surface area contributed by atoms with E-state index in [1.165, 1.54) is 5.56 Å². The first-order valence-electron chi connectivity index (χ1n) is 6.07. The van der Waals surface area contributed by atoms with Gasteiger partial charge in [-0.2, -0.15) is 4.98 Å². The van der Waals surface area contributed by atoms with Crippen LogP contribution in [0, 0.1) is 0 Å². The Balaban J connectivity index is 1.98. The zero-order chi connectivity index (χ0) is 14.1. The Bertz CT molecular complexity index is 745. The highest BCUT2D eigenvalue weighted by atomic mass is 79.9. The van der Waals surface area contributed by atoms with Gasteiger partial charge in [0.05, 0.1) is 9.17 Å². The summed E-state index contributed by atoms with van der Waals surface area (Å²) in [4.78, 5) is 8.57. The Morgan fingerprint density at radius 3 is 2.75 bits per heavy atom. The summed E-state index contributed by atoms with van der Waals surface area (Å²) < 4.78 is 1.95. The summed E-state index contributed by atoms with van der Waals surface area (Å²) in [6.45, 7) is 2.10. The highest BCUT2D eigenvalue weighted by molar-refractivity contribution is 9.10. The molecule has 0 saturated heterocycles. The molecule has 3 nitrogen and oxygen atoms in total. The van der Waals surface area contributed by atoms with Crippen molar-refractivity contribution in [3.05, 3.63) is 51.0 Å². The zero-order valence-electron chi connectivity index (χ0n) is 10.6. The number of nitrogens with one attached hydrogen (secondary N) is 1. The average Bonchev–Trinajstić information content (AvgIpc) is 2.81. The van der Waals surface area contributed by atoms with Gasteiger partial charge < -0.3 is 5.32 Å². The lowest BCUT2D eigenvalue weighted by atomic mass is 10.1. The van der Waals surface area contributed by atoms with Crippen molar-refractivity contribution in [3.63, 3.8) is 0 Å². The number of fused-ring (bicyclic) bond motifs is 1. The molecule has 1 aromatic carbocycles. The van der Waals surface area contributed by atoms with Crippen molar-refractivity contribution in [2.45, 2.75) is 13.0 Å². The summed E-state index contributed by atoms with van der Waals surface area (Å²) in [6, 6.07) is 10.4. The molecule has 1 atom stereocenters. The third kappa shape index (κ3) is 2.66. The summed E-state index contributed by atoms with van der Waals surface area (Å²) >= 11 is 11.1. The summed E-state index contributed by atoms with van der Waals surface area (Å²) in [7, 11) is 0. The van der Waals surface area contributed by atoms with Gasteiger partial charge in [-0.15, -0.1) is 11.3 Å². The van der Waals surface area contributed by atoms with Crippen molar-refractivity contribution in [1.82, 2.24) is 9.97 Å². The Hall–Kier alpha value is -1.17. The second-order valence-corrected chi connectivity index (χ2v) is 6.45. The molecule has 6 heteroatoms. The van der Waals surface area contributed by atoms with Gasteiger partial charge in [-0.1, -0.05) is 30.3 Å². The summed E-state index contributed by atoms with van der Waals surface area (Å²) in [5.74, 6) is 0.770. The molecule has 0 aliphatic heterocycles. The van der Waals surface area contributed by atoms with Crippen molar-refractivity contribution < 1.29 is 0 Å². The number of rotatable bonds is 3. The molecule has 0 fully saturated rings. The van der Waals surface area contributed by atoms with Crippen LogP contribution in [0.2, 0.25) is 5.28 Å².